The van der Waals surface area contributed by atoms with E-state index in [2.05, 4.69) is 26.5 Å². The summed E-state index contributed by atoms with van der Waals surface area (Å²) >= 11 is 20.9. The molecule has 0 spiro atoms. The van der Waals surface area contributed by atoms with Crippen LogP contribution in [0.2, 0.25) is 15.1 Å². The zero-order valence-electron chi connectivity index (χ0n) is 11.9. The number of ether oxygens (including phenoxy) is 1. The predicted molar refractivity (Wildman–Crippen MR) is 98.5 cm³/mol. The van der Waals surface area contributed by atoms with Gasteiger partial charge in [0.2, 0.25) is 0 Å². The summed E-state index contributed by atoms with van der Waals surface area (Å²) in [5, 5.41) is 14.2. The van der Waals surface area contributed by atoms with E-state index in [0.29, 0.717) is 5.56 Å². The van der Waals surface area contributed by atoms with Crippen LogP contribution in [0.4, 0.5) is 0 Å². The molecule has 0 fully saturated rings. The van der Waals surface area contributed by atoms with Crippen LogP contribution in [0.25, 0.3) is 0 Å². The van der Waals surface area contributed by atoms with Gasteiger partial charge < -0.3 is 9.84 Å². The molecule has 2 rings (SSSR count). The largest absolute Gasteiger partial charge is 0.507 e. The Kier molecular flexibility index (Phi) is 6.74. The van der Waals surface area contributed by atoms with Crippen LogP contribution in [0.15, 0.2) is 39.9 Å². The van der Waals surface area contributed by atoms with E-state index < -0.39 is 5.91 Å². The molecule has 0 bridgehead atoms. The van der Waals surface area contributed by atoms with Crippen LogP contribution in [0, 0.1) is 0 Å². The number of phenolic OH excluding ortho intramolecular Hbond substituents is 1. The average Bonchev–Trinajstić information content (AvgIpc) is 2.53. The molecule has 24 heavy (non-hydrogen) atoms. The highest BCUT2D eigenvalue weighted by molar-refractivity contribution is 9.10. The Morgan fingerprint density at radius 3 is 2.67 bits per heavy atom. The number of amides is 1. The molecule has 0 aliphatic rings. The van der Waals surface area contributed by atoms with Crippen molar-refractivity contribution in [3.63, 3.8) is 0 Å². The lowest BCUT2D eigenvalue weighted by Gasteiger charge is -2.08. The summed E-state index contributed by atoms with van der Waals surface area (Å²) in [5.74, 6) is -0.243. The molecule has 9 heteroatoms. The molecule has 2 aromatic carbocycles. The lowest BCUT2D eigenvalue weighted by Crippen LogP contribution is -2.24. The number of carbonyl (C=O) groups excluding carboxylic acids is 1. The highest BCUT2D eigenvalue weighted by Gasteiger charge is 2.09. The lowest BCUT2D eigenvalue weighted by atomic mass is 10.2. The minimum atomic E-state index is -0.511. The second-order valence-electron chi connectivity index (χ2n) is 4.48. The molecule has 0 aromatic heterocycles. The smallest absolute Gasteiger partial charge is 0.277 e. The van der Waals surface area contributed by atoms with E-state index in [1.807, 2.05) is 0 Å². The van der Waals surface area contributed by atoms with Gasteiger partial charge in [-0.15, -0.1) is 0 Å². The maximum atomic E-state index is 11.7. The van der Waals surface area contributed by atoms with Gasteiger partial charge >= 0.3 is 0 Å². The predicted octanol–water partition coefficient (Wildman–Crippen LogP) is 4.64. The number of hydrazone groups is 1. The summed E-state index contributed by atoms with van der Waals surface area (Å²) in [4.78, 5) is 11.7. The van der Waals surface area contributed by atoms with E-state index in [1.54, 1.807) is 12.1 Å². The molecule has 1 amide bonds. The zero-order valence-corrected chi connectivity index (χ0v) is 15.7. The minimum absolute atomic E-state index is 0.0371. The molecule has 0 saturated heterocycles. The van der Waals surface area contributed by atoms with Crippen LogP contribution in [0.3, 0.4) is 0 Å². The van der Waals surface area contributed by atoms with Crippen LogP contribution in [-0.2, 0) is 4.79 Å². The third-order valence-electron chi connectivity index (χ3n) is 2.72. The van der Waals surface area contributed by atoms with Crippen molar-refractivity contribution in [2.45, 2.75) is 0 Å². The number of hydrogen-bond acceptors (Lipinski definition) is 4. The first kappa shape index (κ1) is 18.9. The monoisotopic (exact) mass is 450 g/mol. The molecular formula is C15H10BrCl3N2O3. The van der Waals surface area contributed by atoms with Gasteiger partial charge in [0.1, 0.15) is 11.5 Å². The summed E-state index contributed by atoms with van der Waals surface area (Å²) in [6.07, 6.45) is 1.31. The Morgan fingerprint density at radius 2 is 1.92 bits per heavy atom. The normalized spacial score (nSPS) is 10.8. The van der Waals surface area contributed by atoms with E-state index >= 15 is 0 Å². The first-order chi connectivity index (χ1) is 11.4. The summed E-state index contributed by atoms with van der Waals surface area (Å²) in [5.41, 5.74) is 2.71. The number of rotatable bonds is 5. The second-order valence-corrected chi connectivity index (χ2v) is 6.62. The van der Waals surface area contributed by atoms with Gasteiger partial charge in [0, 0.05) is 16.1 Å². The fraction of sp³-hybridized carbons (Fsp3) is 0.0667. The Hall–Kier alpha value is -1.47. The highest BCUT2D eigenvalue weighted by Crippen LogP contribution is 2.33. The van der Waals surface area contributed by atoms with Crippen LogP contribution < -0.4 is 10.2 Å². The number of halogens is 4. The van der Waals surface area contributed by atoms with Crippen LogP contribution in [0.5, 0.6) is 11.5 Å². The van der Waals surface area contributed by atoms with Gasteiger partial charge in [-0.05, 0) is 24.3 Å². The molecule has 2 N–H and O–H groups in total. The number of aromatic hydroxyl groups is 1. The number of benzene rings is 2. The third-order valence-corrected chi connectivity index (χ3v) is 4.23. The van der Waals surface area contributed by atoms with Gasteiger partial charge in [-0.2, -0.15) is 5.10 Å². The van der Waals surface area contributed by atoms with Crippen molar-refractivity contribution in [1.29, 1.82) is 0 Å². The number of nitrogens with one attached hydrogen (secondary N) is 1. The van der Waals surface area contributed by atoms with E-state index in [9.17, 15) is 9.90 Å². The average molecular weight is 453 g/mol. The molecule has 0 aliphatic carbocycles. The third kappa shape index (κ3) is 5.27. The van der Waals surface area contributed by atoms with E-state index in [4.69, 9.17) is 39.5 Å². The molecule has 0 aliphatic heterocycles. The van der Waals surface area contributed by atoms with Crippen molar-refractivity contribution in [1.82, 2.24) is 5.43 Å². The number of hydrogen-bond donors (Lipinski definition) is 2. The van der Waals surface area contributed by atoms with Crippen molar-refractivity contribution in [3.8, 4) is 11.5 Å². The van der Waals surface area contributed by atoms with Crippen molar-refractivity contribution in [2.75, 3.05) is 6.61 Å². The second kappa shape index (κ2) is 8.58. The molecule has 2 aromatic rings. The standard InChI is InChI=1S/C15H10BrCl3N2O3/c16-9-1-2-13(22)8(3-9)6-20-21-15(23)7-24-14-5-11(18)10(17)4-12(14)19/h1-6,22H,7H2,(H,21,23). The molecule has 0 heterocycles. The van der Waals surface area contributed by atoms with Gasteiger partial charge in [-0.3, -0.25) is 4.79 Å². The number of carbonyl (C=O) groups is 1. The van der Waals surface area contributed by atoms with Gasteiger partial charge in [0.05, 0.1) is 21.3 Å². The molecular weight excluding hydrogens is 442 g/mol. The molecule has 0 saturated carbocycles. The maximum Gasteiger partial charge on any atom is 0.277 e. The topological polar surface area (TPSA) is 70.9 Å². The fourth-order valence-electron chi connectivity index (χ4n) is 1.59. The van der Waals surface area contributed by atoms with Crippen molar-refractivity contribution in [3.05, 3.63) is 55.4 Å². The first-order valence-electron chi connectivity index (χ1n) is 6.44. The van der Waals surface area contributed by atoms with Crippen molar-refractivity contribution in [2.24, 2.45) is 5.10 Å². The SMILES string of the molecule is O=C(COc1cc(Cl)c(Cl)cc1Cl)NN=Cc1cc(Br)ccc1O. The lowest BCUT2D eigenvalue weighted by molar-refractivity contribution is -0.123. The van der Waals surface area contributed by atoms with Crippen LogP contribution in [-0.4, -0.2) is 23.8 Å². The molecule has 0 radical (unpaired) electrons. The Bertz CT molecular complexity index is 800. The van der Waals surface area contributed by atoms with Crippen LogP contribution in [0.1, 0.15) is 5.56 Å². The first-order valence-corrected chi connectivity index (χ1v) is 8.37. The van der Waals surface area contributed by atoms with Crippen molar-refractivity contribution < 1.29 is 14.6 Å². The van der Waals surface area contributed by atoms with Crippen LogP contribution >= 0.6 is 50.7 Å². The van der Waals surface area contributed by atoms with Gasteiger partial charge in [-0.1, -0.05) is 50.7 Å². The zero-order chi connectivity index (χ0) is 17.7. The molecule has 5 nitrogen and oxygen atoms in total. The number of phenols is 1. The van der Waals surface area contributed by atoms with Gasteiger partial charge in [0.25, 0.3) is 5.91 Å². The van der Waals surface area contributed by atoms with Gasteiger partial charge in [-0.25, -0.2) is 5.43 Å². The fourth-order valence-corrected chi connectivity index (χ4v) is 2.56. The van der Waals surface area contributed by atoms with E-state index in [0.717, 1.165) is 4.47 Å². The van der Waals surface area contributed by atoms with E-state index in [-0.39, 0.29) is 33.2 Å². The van der Waals surface area contributed by atoms with Gasteiger partial charge in [0.15, 0.2) is 6.61 Å². The summed E-state index contributed by atoms with van der Waals surface area (Å²) in [6.45, 7) is -0.320. The Morgan fingerprint density at radius 1 is 1.21 bits per heavy atom. The molecule has 0 atom stereocenters. The molecule has 126 valence electrons. The minimum Gasteiger partial charge on any atom is -0.507 e. The molecule has 0 unspecified atom stereocenters. The number of nitrogens with zero attached hydrogens (tertiary/aromatic N) is 1. The Balaban J connectivity index is 1.91. The van der Waals surface area contributed by atoms with Crippen molar-refractivity contribution >= 4 is 62.9 Å². The quantitative estimate of drug-likeness (QED) is 0.394. The highest BCUT2D eigenvalue weighted by atomic mass is 79.9. The summed E-state index contributed by atoms with van der Waals surface area (Å²) < 4.78 is 6.03. The summed E-state index contributed by atoms with van der Waals surface area (Å²) in [6, 6.07) is 7.68. The van der Waals surface area contributed by atoms with E-state index in [1.165, 1.54) is 24.4 Å². The Labute approximate surface area is 161 Å². The summed E-state index contributed by atoms with van der Waals surface area (Å²) in [7, 11) is 0. The maximum absolute atomic E-state index is 11.7.